The van der Waals surface area contributed by atoms with E-state index in [-0.39, 0.29) is 0 Å². The molecule has 0 saturated carbocycles. The van der Waals surface area contributed by atoms with Gasteiger partial charge in [-0.3, -0.25) is 0 Å². The highest BCUT2D eigenvalue weighted by Crippen LogP contribution is 2.14. The molecule has 0 aliphatic carbocycles. The molecule has 0 heterocycles. The van der Waals surface area contributed by atoms with Gasteiger partial charge in [-0.15, -0.1) is 6.42 Å². The molecule has 152 valence electrons. The summed E-state index contributed by atoms with van der Waals surface area (Å²) in [5.41, 5.74) is 2.82. The molecule has 0 aliphatic heterocycles. The molecule has 0 spiro atoms. The first-order valence-electron chi connectivity index (χ1n) is 11.1. The van der Waals surface area contributed by atoms with Gasteiger partial charge in [0.25, 0.3) is 0 Å². The third-order valence-electron chi connectivity index (χ3n) is 5.02. The summed E-state index contributed by atoms with van der Waals surface area (Å²) in [6.07, 6.45) is 18.8. The quantitative estimate of drug-likeness (QED) is 0.273. The number of ether oxygens (including phenoxy) is 1. The number of benzene rings is 2. The van der Waals surface area contributed by atoms with Crippen LogP contribution in [0.25, 0.3) is 0 Å². The molecule has 0 fully saturated rings. The van der Waals surface area contributed by atoms with Crippen LogP contribution in [-0.2, 0) is 0 Å². The number of hydrogen-bond donors (Lipinski definition) is 0. The average molecular weight is 387 g/mol. The van der Waals surface area contributed by atoms with Gasteiger partial charge in [-0.1, -0.05) is 82.5 Å². The van der Waals surface area contributed by atoms with Crippen molar-refractivity contribution in [1.29, 1.82) is 0 Å². The van der Waals surface area contributed by atoms with Crippen LogP contribution in [0.1, 0.15) is 87.8 Å². The molecule has 0 radical (unpaired) electrons. The second-order valence-electron chi connectivity index (χ2n) is 7.53. The molecular formula is C28H34O. The maximum atomic E-state index is 5.85. The van der Waals surface area contributed by atoms with Gasteiger partial charge in [0, 0.05) is 16.7 Å². The van der Waals surface area contributed by atoms with Crippen LogP contribution in [0.15, 0.2) is 48.5 Å². The Balaban J connectivity index is 1.58. The molecule has 1 heteroatoms. The van der Waals surface area contributed by atoms with Gasteiger partial charge in [-0.05, 0) is 55.0 Å². The minimum absolute atomic E-state index is 0.795. The summed E-state index contributed by atoms with van der Waals surface area (Å²) in [5, 5.41) is 0. The Morgan fingerprint density at radius 1 is 0.621 bits per heavy atom. The number of unbranched alkanes of at least 4 members (excludes halogenated alkanes) is 9. The Bertz CT molecular complexity index is 781. The molecule has 0 bridgehead atoms. The van der Waals surface area contributed by atoms with Gasteiger partial charge in [0.1, 0.15) is 5.75 Å². The summed E-state index contributed by atoms with van der Waals surface area (Å²) in [5.74, 6) is 9.88. The van der Waals surface area contributed by atoms with E-state index in [1.54, 1.807) is 0 Å². The van der Waals surface area contributed by atoms with E-state index in [1.165, 1.54) is 57.8 Å². The molecule has 2 aromatic carbocycles. The van der Waals surface area contributed by atoms with E-state index in [9.17, 15) is 0 Å². The molecule has 0 atom stereocenters. The molecule has 1 nitrogen and oxygen atoms in total. The lowest BCUT2D eigenvalue weighted by molar-refractivity contribution is 0.304. The zero-order chi connectivity index (χ0) is 20.6. The molecule has 2 rings (SSSR count). The van der Waals surface area contributed by atoms with Crippen molar-refractivity contribution in [3.05, 3.63) is 65.2 Å². The van der Waals surface area contributed by atoms with Crippen molar-refractivity contribution < 1.29 is 4.74 Å². The lowest BCUT2D eigenvalue weighted by Gasteiger charge is -2.06. The van der Waals surface area contributed by atoms with Gasteiger partial charge in [0.05, 0.1) is 6.61 Å². The second-order valence-corrected chi connectivity index (χ2v) is 7.53. The van der Waals surface area contributed by atoms with Gasteiger partial charge in [-0.25, -0.2) is 0 Å². The van der Waals surface area contributed by atoms with Gasteiger partial charge in [0.15, 0.2) is 0 Å². The molecule has 29 heavy (non-hydrogen) atoms. The highest BCUT2D eigenvalue weighted by atomic mass is 16.5. The average Bonchev–Trinajstić information content (AvgIpc) is 2.77. The lowest BCUT2D eigenvalue weighted by Crippen LogP contribution is -1.97. The number of rotatable bonds is 12. The van der Waals surface area contributed by atoms with Crippen molar-refractivity contribution in [3.63, 3.8) is 0 Å². The zero-order valence-electron chi connectivity index (χ0n) is 17.9. The first kappa shape index (κ1) is 22.6. The van der Waals surface area contributed by atoms with Crippen LogP contribution in [0.3, 0.4) is 0 Å². The van der Waals surface area contributed by atoms with Crippen molar-refractivity contribution in [2.75, 3.05) is 6.61 Å². The maximum absolute atomic E-state index is 5.85. The molecule has 0 aromatic heterocycles. The van der Waals surface area contributed by atoms with E-state index in [0.29, 0.717) is 0 Å². The normalized spacial score (nSPS) is 10.1. The van der Waals surface area contributed by atoms with E-state index in [2.05, 4.69) is 24.7 Å². The van der Waals surface area contributed by atoms with E-state index >= 15 is 0 Å². The van der Waals surface area contributed by atoms with E-state index in [1.807, 2.05) is 48.5 Å². The van der Waals surface area contributed by atoms with Crippen LogP contribution in [0.2, 0.25) is 0 Å². The van der Waals surface area contributed by atoms with Crippen molar-refractivity contribution in [2.45, 2.75) is 71.1 Å². The van der Waals surface area contributed by atoms with Gasteiger partial charge < -0.3 is 4.74 Å². The predicted molar refractivity (Wildman–Crippen MR) is 124 cm³/mol. The zero-order valence-corrected chi connectivity index (χ0v) is 17.9. The van der Waals surface area contributed by atoms with Crippen molar-refractivity contribution >= 4 is 0 Å². The fourth-order valence-corrected chi connectivity index (χ4v) is 3.21. The van der Waals surface area contributed by atoms with Crippen molar-refractivity contribution in [3.8, 4) is 29.9 Å². The Labute approximate surface area is 177 Å². The third kappa shape index (κ3) is 9.91. The molecule has 2 aromatic rings. The molecule has 0 amide bonds. The fraction of sp³-hybridized carbons (Fsp3) is 0.429. The van der Waals surface area contributed by atoms with Crippen LogP contribution in [0, 0.1) is 24.2 Å². The molecule has 0 unspecified atom stereocenters. The van der Waals surface area contributed by atoms with Crippen molar-refractivity contribution in [1.82, 2.24) is 0 Å². The highest BCUT2D eigenvalue weighted by molar-refractivity contribution is 5.46. The van der Waals surface area contributed by atoms with Crippen LogP contribution < -0.4 is 4.74 Å². The summed E-state index contributed by atoms with van der Waals surface area (Å²) in [4.78, 5) is 0. The van der Waals surface area contributed by atoms with E-state index < -0.39 is 0 Å². The Morgan fingerprint density at radius 3 is 1.59 bits per heavy atom. The molecule has 0 saturated heterocycles. The Hall–Kier alpha value is -2.64. The predicted octanol–water partition coefficient (Wildman–Crippen LogP) is 7.37. The molecule has 0 aliphatic rings. The summed E-state index contributed by atoms with van der Waals surface area (Å²) in [6.45, 7) is 3.07. The highest BCUT2D eigenvalue weighted by Gasteiger charge is 1.96. The topological polar surface area (TPSA) is 9.23 Å². The summed E-state index contributed by atoms with van der Waals surface area (Å²) in [7, 11) is 0. The summed E-state index contributed by atoms with van der Waals surface area (Å²) < 4.78 is 5.85. The number of hydrogen-bond acceptors (Lipinski definition) is 1. The standard InChI is InChI=1S/C28H34O/c1-3-5-6-7-8-9-10-11-12-13-24-29-28-22-20-27(21-23-28)19-18-26-16-14-25(4-2)15-17-26/h2,14-17,20-23H,3,5-13,24H2,1H3. The molecule has 0 N–H and O–H groups in total. The second kappa shape index (κ2) is 14.4. The first-order valence-corrected chi connectivity index (χ1v) is 11.1. The SMILES string of the molecule is C#Cc1ccc(C#Cc2ccc(OCCCCCCCCCCCC)cc2)cc1. The van der Waals surface area contributed by atoms with E-state index in [4.69, 9.17) is 11.2 Å². The Kier molecular flexibility index (Phi) is 11.2. The smallest absolute Gasteiger partial charge is 0.119 e. The van der Waals surface area contributed by atoms with Gasteiger partial charge >= 0.3 is 0 Å². The summed E-state index contributed by atoms with van der Waals surface area (Å²) in [6, 6.07) is 15.7. The van der Waals surface area contributed by atoms with Crippen molar-refractivity contribution in [2.24, 2.45) is 0 Å². The van der Waals surface area contributed by atoms with Crippen LogP contribution in [-0.4, -0.2) is 6.61 Å². The molecular weight excluding hydrogens is 352 g/mol. The minimum atomic E-state index is 0.795. The van der Waals surface area contributed by atoms with Gasteiger partial charge in [-0.2, -0.15) is 0 Å². The lowest BCUT2D eigenvalue weighted by atomic mass is 10.1. The monoisotopic (exact) mass is 386 g/mol. The fourth-order valence-electron chi connectivity index (χ4n) is 3.21. The number of terminal acetylenes is 1. The van der Waals surface area contributed by atoms with Gasteiger partial charge in [0.2, 0.25) is 0 Å². The van der Waals surface area contributed by atoms with E-state index in [0.717, 1.165) is 35.5 Å². The Morgan fingerprint density at radius 2 is 1.07 bits per heavy atom. The largest absolute Gasteiger partial charge is 0.494 e. The van der Waals surface area contributed by atoms with Crippen LogP contribution in [0.5, 0.6) is 5.75 Å². The minimum Gasteiger partial charge on any atom is -0.494 e. The first-order chi connectivity index (χ1) is 14.3. The third-order valence-corrected chi connectivity index (χ3v) is 5.02. The van der Waals surface area contributed by atoms with Crippen LogP contribution in [0.4, 0.5) is 0 Å². The summed E-state index contributed by atoms with van der Waals surface area (Å²) >= 11 is 0. The maximum Gasteiger partial charge on any atom is 0.119 e. The van der Waals surface area contributed by atoms with Crippen LogP contribution >= 0.6 is 0 Å².